The minimum Gasteiger partial charge on any atom is -0.338 e. The molecule has 2 heterocycles. The molecule has 5 aromatic rings. The van der Waals surface area contributed by atoms with Gasteiger partial charge in [0.15, 0.2) is 0 Å². The van der Waals surface area contributed by atoms with E-state index >= 15 is 0 Å². The van der Waals surface area contributed by atoms with Crippen LogP contribution in [0.25, 0.3) is 46.4 Å². The van der Waals surface area contributed by atoms with Crippen LogP contribution in [0.1, 0.15) is 75.4 Å². The number of aromatic nitrogens is 4. The van der Waals surface area contributed by atoms with Gasteiger partial charge in [-0.3, -0.25) is 0 Å². The average molecular weight is 475 g/mol. The molecule has 0 unspecified atom stereocenters. The molecule has 0 aliphatic heterocycles. The Morgan fingerprint density at radius 2 is 0.917 bits per heavy atom. The minimum atomic E-state index is 0.158. The van der Waals surface area contributed by atoms with E-state index in [0.29, 0.717) is 0 Å². The zero-order valence-electron chi connectivity index (χ0n) is 22.0. The Balaban J connectivity index is 1.33. The summed E-state index contributed by atoms with van der Waals surface area (Å²) in [6.45, 7) is 13.4. The predicted octanol–water partition coefficient (Wildman–Crippen LogP) is 8.38. The maximum absolute atomic E-state index is 4.75. The van der Waals surface area contributed by atoms with E-state index in [4.69, 9.17) is 9.97 Å². The molecule has 5 rings (SSSR count). The summed E-state index contributed by atoms with van der Waals surface area (Å²) in [5.74, 6) is 1.66. The number of nitrogens with zero attached hydrogens (tertiary/aromatic N) is 2. The third kappa shape index (κ3) is 5.18. The second-order valence-electron chi connectivity index (χ2n) is 11.5. The highest BCUT2D eigenvalue weighted by Crippen LogP contribution is 2.25. The summed E-state index contributed by atoms with van der Waals surface area (Å²) in [7, 11) is 0. The van der Waals surface area contributed by atoms with Crippen molar-refractivity contribution in [1.29, 1.82) is 0 Å². The van der Waals surface area contributed by atoms with Gasteiger partial charge in [-0.2, -0.15) is 0 Å². The molecule has 0 saturated heterocycles. The number of H-pyrrole nitrogens is 2. The van der Waals surface area contributed by atoms with Gasteiger partial charge in [0.1, 0.15) is 11.6 Å². The van der Waals surface area contributed by atoms with E-state index in [2.05, 4.69) is 118 Å². The molecule has 0 fully saturated rings. The van der Waals surface area contributed by atoms with Gasteiger partial charge in [-0.1, -0.05) is 102 Å². The number of hydrogen-bond acceptors (Lipinski definition) is 2. The highest BCUT2D eigenvalue weighted by molar-refractivity contribution is 5.93. The van der Waals surface area contributed by atoms with Gasteiger partial charge in [-0.25, -0.2) is 9.97 Å². The Bertz CT molecular complexity index is 1390. The number of aromatic amines is 2. The van der Waals surface area contributed by atoms with Crippen LogP contribution in [-0.2, 0) is 10.8 Å². The Kier molecular flexibility index (Phi) is 5.91. The normalized spacial score (nSPS) is 13.1. The molecule has 3 aromatic carbocycles. The molecule has 36 heavy (non-hydrogen) atoms. The molecule has 2 N–H and O–H groups in total. The molecule has 4 heteroatoms. The van der Waals surface area contributed by atoms with Gasteiger partial charge in [0.05, 0.1) is 22.1 Å². The first-order chi connectivity index (χ1) is 17.0. The third-order valence-electron chi connectivity index (χ3n) is 6.54. The maximum atomic E-state index is 4.75. The second kappa shape index (κ2) is 8.94. The van der Waals surface area contributed by atoms with Crippen LogP contribution in [0.5, 0.6) is 0 Å². The fourth-order valence-corrected chi connectivity index (χ4v) is 4.25. The topological polar surface area (TPSA) is 57.4 Å². The predicted molar refractivity (Wildman–Crippen MR) is 154 cm³/mol. The van der Waals surface area contributed by atoms with Crippen molar-refractivity contribution in [2.45, 2.75) is 52.4 Å². The molecule has 0 aliphatic rings. The first kappa shape index (κ1) is 23.8. The lowest BCUT2D eigenvalue weighted by Gasteiger charge is -2.18. The van der Waals surface area contributed by atoms with Crippen molar-refractivity contribution in [2.24, 2.45) is 0 Å². The van der Waals surface area contributed by atoms with Crippen molar-refractivity contribution in [3.63, 3.8) is 0 Å². The number of benzene rings is 3. The molecule has 0 spiro atoms. The molecule has 0 aliphatic carbocycles. The average Bonchev–Trinajstić information content (AvgIpc) is 3.41. The van der Waals surface area contributed by atoms with Gasteiger partial charge in [0.25, 0.3) is 0 Å². The summed E-state index contributed by atoms with van der Waals surface area (Å²) in [4.78, 5) is 16.3. The summed E-state index contributed by atoms with van der Waals surface area (Å²) in [5, 5.41) is 0. The van der Waals surface area contributed by atoms with Gasteiger partial charge < -0.3 is 9.97 Å². The standard InChI is InChI=1S/C32H34N4/c1-31(2,3)23-13-7-21(8-14-23)11-17-29-33-25-19-27-28(20-26(25)34-29)36-30(35-27)18-12-22-9-15-24(16-10-22)32(4,5)6/h7-20H,1-6H3,(H,33,34)(H,35,36)/b17-11+,18-12+. The first-order valence-electron chi connectivity index (χ1n) is 12.5. The lowest BCUT2D eigenvalue weighted by molar-refractivity contribution is 0.590. The molecule has 0 amide bonds. The van der Waals surface area contributed by atoms with Gasteiger partial charge in [-0.05, 0) is 57.4 Å². The van der Waals surface area contributed by atoms with Gasteiger partial charge >= 0.3 is 0 Å². The molecule has 0 bridgehead atoms. The van der Waals surface area contributed by atoms with Gasteiger partial charge in [0, 0.05) is 0 Å². The summed E-state index contributed by atoms with van der Waals surface area (Å²) in [6.07, 6.45) is 8.22. The van der Waals surface area contributed by atoms with Gasteiger partial charge in [-0.15, -0.1) is 0 Å². The number of imidazole rings is 2. The maximum Gasteiger partial charge on any atom is 0.131 e. The largest absolute Gasteiger partial charge is 0.338 e. The van der Waals surface area contributed by atoms with Crippen molar-refractivity contribution in [1.82, 2.24) is 19.9 Å². The molecule has 182 valence electrons. The van der Waals surface area contributed by atoms with Gasteiger partial charge in [0.2, 0.25) is 0 Å². The Morgan fingerprint density at radius 3 is 1.28 bits per heavy atom. The molecule has 0 radical (unpaired) electrons. The van der Waals surface area contributed by atoms with Crippen molar-refractivity contribution >= 4 is 46.4 Å². The highest BCUT2D eigenvalue weighted by atomic mass is 14.9. The third-order valence-corrected chi connectivity index (χ3v) is 6.54. The molecule has 0 atom stereocenters. The van der Waals surface area contributed by atoms with Crippen molar-refractivity contribution < 1.29 is 0 Å². The summed E-state index contributed by atoms with van der Waals surface area (Å²) >= 11 is 0. The number of rotatable bonds is 4. The van der Waals surface area contributed by atoms with E-state index in [0.717, 1.165) is 44.8 Å². The summed E-state index contributed by atoms with van der Waals surface area (Å²) in [6, 6.07) is 21.5. The van der Waals surface area contributed by atoms with Crippen LogP contribution in [0.3, 0.4) is 0 Å². The van der Waals surface area contributed by atoms with E-state index in [1.165, 1.54) is 11.1 Å². The molecular weight excluding hydrogens is 440 g/mol. The van der Waals surface area contributed by atoms with Crippen LogP contribution in [-0.4, -0.2) is 19.9 Å². The van der Waals surface area contributed by atoms with Crippen LogP contribution in [0.4, 0.5) is 0 Å². The van der Waals surface area contributed by atoms with Crippen molar-refractivity contribution in [2.75, 3.05) is 0 Å². The quantitative estimate of drug-likeness (QED) is 0.275. The Hall–Kier alpha value is -3.92. The van der Waals surface area contributed by atoms with Crippen molar-refractivity contribution in [3.05, 3.63) is 94.6 Å². The highest BCUT2D eigenvalue weighted by Gasteiger charge is 2.13. The van der Waals surface area contributed by atoms with E-state index in [-0.39, 0.29) is 10.8 Å². The van der Waals surface area contributed by atoms with E-state index in [1.807, 2.05) is 18.2 Å². The van der Waals surface area contributed by atoms with Crippen LogP contribution in [0.15, 0.2) is 60.7 Å². The minimum absolute atomic E-state index is 0.158. The number of fused-ring (bicyclic) bond motifs is 2. The molecular formula is C32H34N4. The summed E-state index contributed by atoms with van der Waals surface area (Å²) < 4.78 is 0. The Labute approximate surface area is 213 Å². The lowest BCUT2D eigenvalue weighted by atomic mass is 9.87. The SMILES string of the molecule is CC(C)(C)c1ccc(/C=C/c2nc3cc4nc(/C=C/c5ccc(C(C)(C)C)cc5)[nH]c4cc3[nH]2)cc1. The Morgan fingerprint density at radius 1 is 0.528 bits per heavy atom. The lowest BCUT2D eigenvalue weighted by Crippen LogP contribution is -2.10. The second-order valence-corrected chi connectivity index (χ2v) is 11.5. The van der Waals surface area contributed by atoms with E-state index in [1.54, 1.807) is 0 Å². The zero-order valence-corrected chi connectivity index (χ0v) is 22.0. The summed E-state index contributed by atoms with van der Waals surface area (Å²) in [5.41, 5.74) is 9.08. The zero-order chi connectivity index (χ0) is 25.5. The molecule has 4 nitrogen and oxygen atoms in total. The van der Waals surface area contributed by atoms with Crippen LogP contribution >= 0.6 is 0 Å². The van der Waals surface area contributed by atoms with Crippen LogP contribution in [0, 0.1) is 0 Å². The fraction of sp³-hybridized carbons (Fsp3) is 0.250. The number of nitrogens with one attached hydrogen (secondary N) is 2. The van der Waals surface area contributed by atoms with Crippen molar-refractivity contribution in [3.8, 4) is 0 Å². The first-order valence-corrected chi connectivity index (χ1v) is 12.5. The molecule has 2 aromatic heterocycles. The van der Waals surface area contributed by atoms with Crippen LogP contribution < -0.4 is 0 Å². The molecule has 0 saturated carbocycles. The fourth-order valence-electron chi connectivity index (χ4n) is 4.25. The smallest absolute Gasteiger partial charge is 0.131 e. The number of hydrogen-bond donors (Lipinski definition) is 2. The van der Waals surface area contributed by atoms with E-state index < -0.39 is 0 Å². The monoisotopic (exact) mass is 474 g/mol. The van der Waals surface area contributed by atoms with E-state index in [9.17, 15) is 0 Å². The van der Waals surface area contributed by atoms with Crippen LogP contribution in [0.2, 0.25) is 0 Å².